The van der Waals surface area contributed by atoms with Gasteiger partial charge in [0.1, 0.15) is 5.75 Å². The molecule has 3 aromatic rings. The number of hydrogen-bond donors (Lipinski definition) is 1. The predicted molar refractivity (Wildman–Crippen MR) is 109 cm³/mol. The highest BCUT2D eigenvalue weighted by molar-refractivity contribution is 6.32. The topological polar surface area (TPSA) is 106 Å². The summed E-state index contributed by atoms with van der Waals surface area (Å²) in [6.45, 7) is -0.299. The third-order valence-corrected chi connectivity index (χ3v) is 3.97. The zero-order chi connectivity index (χ0) is 20.6. The predicted octanol–water partition coefficient (Wildman–Crippen LogP) is 5.68. The number of azo groups is 1. The summed E-state index contributed by atoms with van der Waals surface area (Å²) < 4.78 is 5.32. The van der Waals surface area contributed by atoms with Gasteiger partial charge in [0, 0.05) is 17.8 Å². The fourth-order valence-electron chi connectivity index (χ4n) is 2.28. The van der Waals surface area contributed by atoms with E-state index in [1.807, 2.05) is 30.3 Å². The maximum absolute atomic E-state index is 12.0. The molecule has 0 saturated carbocycles. The maximum atomic E-state index is 12.0. The molecule has 3 rings (SSSR count). The molecule has 0 unspecified atom stereocenters. The molecule has 9 heteroatoms. The summed E-state index contributed by atoms with van der Waals surface area (Å²) in [6.07, 6.45) is 0. The van der Waals surface area contributed by atoms with E-state index in [0.29, 0.717) is 11.4 Å². The SMILES string of the molecule is O=C(COc1ccc([N+](=O)[O-])cc1Cl)Nc1ccc(N=Nc2ccccc2)cc1. The smallest absolute Gasteiger partial charge is 0.271 e. The van der Waals surface area contributed by atoms with Gasteiger partial charge in [0.2, 0.25) is 0 Å². The van der Waals surface area contributed by atoms with Crippen LogP contribution in [0.3, 0.4) is 0 Å². The highest BCUT2D eigenvalue weighted by Gasteiger charge is 2.11. The van der Waals surface area contributed by atoms with Crippen molar-refractivity contribution in [1.82, 2.24) is 0 Å². The molecule has 0 aromatic heterocycles. The van der Waals surface area contributed by atoms with Crippen LogP contribution in [0.15, 0.2) is 83.0 Å². The summed E-state index contributed by atoms with van der Waals surface area (Å²) >= 11 is 5.93. The minimum atomic E-state index is -0.564. The van der Waals surface area contributed by atoms with Gasteiger partial charge in [-0.3, -0.25) is 14.9 Å². The van der Waals surface area contributed by atoms with Crippen molar-refractivity contribution in [2.45, 2.75) is 0 Å². The summed E-state index contributed by atoms with van der Waals surface area (Å²) in [5, 5.41) is 21.7. The molecule has 0 aliphatic heterocycles. The number of hydrogen-bond acceptors (Lipinski definition) is 6. The number of anilines is 1. The number of rotatable bonds is 7. The van der Waals surface area contributed by atoms with Crippen molar-refractivity contribution in [2.24, 2.45) is 10.2 Å². The van der Waals surface area contributed by atoms with E-state index >= 15 is 0 Å². The normalized spacial score (nSPS) is 10.7. The largest absolute Gasteiger partial charge is 0.482 e. The molecule has 3 aromatic carbocycles. The van der Waals surface area contributed by atoms with Gasteiger partial charge < -0.3 is 10.1 Å². The van der Waals surface area contributed by atoms with Crippen LogP contribution in [-0.2, 0) is 4.79 Å². The van der Waals surface area contributed by atoms with Crippen LogP contribution in [0, 0.1) is 10.1 Å². The molecule has 0 spiro atoms. The van der Waals surface area contributed by atoms with Crippen LogP contribution < -0.4 is 10.1 Å². The lowest BCUT2D eigenvalue weighted by Crippen LogP contribution is -2.20. The zero-order valence-corrected chi connectivity index (χ0v) is 15.7. The van der Waals surface area contributed by atoms with Gasteiger partial charge in [-0.2, -0.15) is 10.2 Å². The summed E-state index contributed by atoms with van der Waals surface area (Å²) in [7, 11) is 0. The van der Waals surface area contributed by atoms with E-state index in [1.54, 1.807) is 24.3 Å². The second kappa shape index (κ2) is 9.43. The molecule has 29 heavy (non-hydrogen) atoms. The molecule has 0 radical (unpaired) electrons. The average molecular weight is 411 g/mol. The molecule has 0 fully saturated rings. The van der Waals surface area contributed by atoms with Crippen LogP contribution in [0.25, 0.3) is 0 Å². The van der Waals surface area contributed by atoms with E-state index in [2.05, 4.69) is 15.5 Å². The van der Waals surface area contributed by atoms with Gasteiger partial charge in [0.05, 0.1) is 21.3 Å². The van der Waals surface area contributed by atoms with Gasteiger partial charge >= 0.3 is 0 Å². The van der Waals surface area contributed by atoms with Gasteiger partial charge in [0.25, 0.3) is 11.6 Å². The third-order valence-electron chi connectivity index (χ3n) is 3.67. The first-order valence-corrected chi connectivity index (χ1v) is 8.82. The number of nitrogens with zero attached hydrogens (tertiary/aromatic N) is 3. The molecule has 0 heterocycles. The third kappa shape index (κ3) is 5.85. The summed E-state index contributed by atoms with van der Waals surface area (Å²) in [4.78, 5) is 22.2. The lowest BCUT2D eigenvalue weighted by molar-refractivity contribution is -0.384. The minimum absolute atomic E-state index is 0.0557. The highest BCUT2D eigenvalue weighted by Crippen LogP contribution is 2.28. The van der Waals surface area contributed by atoms with E-state index in [1.165, 1.54) is 12.1 Å². The number of benzene rings is 3. The number of nitro benzene ring substituents is 1. The van der Waals surface area contributed by atoms with E-state index < -0.39 is 10.8 Å². The van der Waals surface area contributed by atoms with Crippen LogP contribution in [-0.4, -0.2) is 17.4 Å². The molecule has 1 N–H and O–H groups in total. The molecule has 0 saturated heterocycles. The Hall–Kier alpha value is -3.78. The maximum Gasteiger partial charge on any atom is 0.271 e. The molecular formula is C20H15ClN4O4. The Morgan fingerprint density at radius 3 is 2.28 bits per heavy atom. The van der Waals surface area contributed by atoms with E-state index in [4.69, 9.17) is 16.3 Å². The lowest BCUT2D eigenvalue weighted by Gasteiger charge is -2.09. The number of halogens is 1. The van der Waals surface area contributed by atoms with Crippen LogP contribution in [0.4, 0.5) is 22.7 Å². The first kappa shape index (κ1) is 20.0. The Morgan fingerprint density at radius 2 is 1.66 bits per heavy atom. The molecule has 0 atom stereocenters. The monoisotopic (exact) mass is 410 g/mol. The Kier molecular flexibility index (Phi) is 6.49. The standard InChI is InChI=1S/C20H15ClN4O4/c21-18-12-17(25(27)28)10-11-19(18)29-13-20(26)22-14-6-8-16(9-7-14)24-23-15-4-2-1-3-5-15/h1-12H,13H2,(H,22,26). The number of non-ortho nitro benzene ring substituents is 1. The van der Waals surface area contributed by atoms with Crippen molar-refractivity contribution < 1.29 is 14.5 Å². The number of amides is 1. The molecular weight excluding hydrogens is 396 g/mol. The Balaban J connectivity index is 1.53. The van der Waals surface area contributed by atoms with Gasteiger partial charge in [-0.1, -0.05) is 29.8 Å². The molecule has 1 amide bonds. The van der Waals surface area contributed by atoms with Crippen LogP contribution in [0.5, 0.6) is 5.75 Å². The molecule has 0 bridgehead atoms. The van der Waals surface area contributed by atoms with Crippen LogP contribution in [0.1, 0.15) is 0 Å². The quantitative estimate of drug-likeness (QED) is 0.307. The van der Waals surface area contributed by atoms with Crippen LogP contribution >= 0.6 is 11.6 Å². The molecule has 8 nitrogen and oxygen atoms in total. The van der Waals surface area contributed by atoms with E-state index in [0.717, 1.165) is 11.8 Å². The number of nitrogens with one attached hydrogen (secondary N) is 1. The van der Waals surface area contributed by atoms with Crippen molar-refractivity contribution in [3.63, 3.8) is 0 Å². The Bertz CT molecular complexity index is 1040. The molecule has 0 aliphatic rings. The first-order valence-electron chi connectivity index (χ1n) is 8.45. The van der Waals surface area contributed by atoms with Crippen molar-refractivity contribution in [3.05, 3.63) is 87.9 Å². The molecule has 0 aliphatic carbocycles. The van der Waals surface area contributed by atoms with Gasteiger partial charge in [-0.25, -0.2) is 0 Å². The fourth-order valence-corrected chi connectivity index (χ4v) is 2.51. The van der Waals surface area contributed by atoms with Crippen molar-refractivity contribution >= 4 is 40.3 Å². The van der Waals surface area contributed by atoms with Crippen molar-refractivity contribution in [1.29, 1.82) is 0 Å². The second-order valence-corrected chi connectivity index (χ2v) is 6.20. The highest BCUT2D eigenvalue weighted by atomic mass is 35.5. The second-order valence-electron chi connectivity index (χ2n) is 5.79. The summed E-state index contributed by atoms with van der Waals surface area (Å²) in [5.41, 5.74) is 1.79. The summed E-state index contributed by atoms with van der Waals surface area (Å²) in [5.74, 6) is -0.220. The zero-order valence-electron chi connectivity index (χ0n) is 15.0. The van der Waals surface area contributed by atoms with E-state index in [-0.39, 0.29) is 23.1 Å². The first-order chi connectivity index (χ1) is 14.0. The number of ether oxygens (including phenoxy) is 1. The Labute approximate surface area is 171 Å². The van der Waals surface area contributed by atoms with Gasteiger partial charge in [-0.05, 0) is 42.5 Å². The van der Waals surface area contributed by atoms with Crippen molar-refractivity contribution in [2.75, 3.05) is 11.9 Å². The average Bonchev–Trinajstić information content (AvgIpc) is 2.73. The van der Waals surface area contributed by atoms with Crippen molar-refractivity contribution in [3.8, 4) is 5.75 Å². The number of carbonyl (C=O) groups is 1. The van der Waals surface area contributed by atoms with E-state index in [9.17, 15) is 14.9 Å². The lowest BCUT2D eigenvalue weighted by atomic mass is 10.3. The summed E-state index contributed by atoms with van der Waals surface area (Å²) in [6, 6.07) is 19.9. The molecule has 146 valence electrons. The van der Waals surface area contributed by atoms with Crippen LogP contribution in [0.2, 0.25) is 5.02 Å². The Morgan fingerprint density at radius 1 is 1.00 bits per heavy atom. The van der Waals surface area contributed by atoms with Gasteiger partial charge in [0.15, 0.2) is 6.61 Å². The number of nitro groups is 1. The van der Waals surface area contributed by atoms with Gasteiger partial charge in [-0.15, -0.1) is 0 Å². The minimum Gasteiger partial charge on any atom is -0.482 e. The number of carbonyl (C=O) groups excluding carboxylic acids is 1. The fraction of sp³-hybridized carbons (Fsp3) is 0.0500.